The summed E-state index contributed by atoms with van der Waals surface area (Å²) in [6.07, 6.45) is 0.352. The van der Waals surface area contributed by atoms with E-state index in [4.69, 9.17) is 19.6 Å². The van der Waals surface area contributed by atoms with Crippen molar-refractivity contribution < 1.29 is 23.8 Å². The maximum Gasteiger partial charge on any atom is 0.252 e. The first-order valence-corrected chi connectivity index (χ1v) is 12.6. The van der Waals surface area contributed by atoms with Crippen LogP contribution in [0.2, 0.25) is 0 Å². The minimum absolute atomic E-state index is 0.0718. The monoisotopic (exact) mass is 554 g/mol. The molecule has 0 unspecified atom stereocenters. The zero-order valence-electron chi connectivity index (χ0n) is 19.9. The lowest BCUT2D eigenvalue weighted by Gasteiger charge is -2.28. The smallest absolute Gasteiger partial charge is 0.252 e. The Hall–Kier alpha value is -3.23. The van der Waals surface area contributed by atoms with Crippen LogP contribution in [-0.4, -0.2) is 41.8 Å². The summed E-state index contributed by atoms with van der Waals surface area (Å²) in [4.78, 5) is 18.5. The Morgan fingerprint density at radius 1 is 1.14 bits per heavy atom. The summed E-state index contributed by atoms with van der Waals surface area (Å²) < 4.78 is 26.3. The van der Waals surface area contributed by atoms with Crippen LogP contribution in [0.1, 0.15) is 30.0 Å². The van der Waals surface area contributed by atoms with Crippen LogP contribution >= 0.6 is 15.9 Å². The van der Waals surface area contributed by atoms with E-state index >= 15 is 0 Å². The largest absolute Gasteiger partial charge is 0.494 e. The van der Waals surface area contributed by atoms with Crippen molar-refractivity contribution in [3.63, 3.8) is 0 Å². The van der Waals surface area contributed by atoms with Crippen molar-refractivity contribution in [2.24, 2.45) is 4.99 Å². The number of ether oxygens (including phenoxy) is 2. The molecule has 0 aromatic heterocycles. The average Bonchev–Trinajstić information content (AvgIpc) is 3.21. The van der Waals surface area contributed by atoms with Crippen LogP contribution in [0.5, 0.6) is 5.75 Å². The Labute approximate surface area is 218 Å². The molecule has 0 radical (unpaired) electrons. The van der Waals surface area contributed by atoms with E-state index in [1.807, 2.05) is 55.5 Å². The summed E-state index contributed by atoms with van der Waals surface area (Å²) in [5.41, 5.74) is 1.13. The summed E-state index contributed by atoms with van der Waals surface area (Å²) in [5.74, 6) is 0.407. The Morgan fingerprint density at radius 2 is 1.89 bits per heavy atom. The molecular weight excluding hydrogens is 527 g/mol. The van der Waals surface area contributed by atoms with Gasteiger partial charge in [-0.3, -0.25) is 4.79 Å². The standard InChI is InChI=1S/C28H28BrFN2O4/c1-19-28(17-20-6-10-23(29)11-7-20,27(34)31-18-21-4-2-5-24(30)16-21)32-26(36-19)22-8-12-25(13-9-22)35-15-3-14-33/h2,4-13,16,19,33H,3,14-15,17-18H2,1H3,(H,31,34)/t19-,28-/m1/s1. The number of carbonyl (C=O) groups is 1. The molecule has 0 saturated carbocycles. The highest BCUT2D eigenvalue weighted by Crippen LogP contribution is 2.33. The molecule has 2 atom stereocenters. The van der Waals surface area contributed by atoms with E-state index < -0.39 is 11.6 Å². The van der Waals surface area contributed by atoms with Gasteiger partial charge in [-0.2, -0.15) is 0 Å². The van der Waals surface area contributed by atoms with Crippen molar-refractivity contribution in [2.45, 2.75) is 38.0 Å². The van der Waals surface area contributed by atoms with Crippen LogP contribution < -0.4 is 10.1 Å². The van der Waals surface area contributed by atoms with Crippen molar-refractivity contribution in [2.75, 3.05) is 13.2 Å². The third-order valence-electron chi connectivity index (χ3n) is 6.06. The van der Waals surface area contributed by atoms with Crippen LogP contribution in [0.3, 0.4) is 0 Å². The van der Waals surface area contributed by atoms with Gasteiger partial charge in [0.1, 0.15) is 17.7 Å². The molecule has 0 fully saturated rings. The first-order chi connectivity index (χ1) is 17.4. The number of aliphatic imine (C=N–C) groups is 1. The minimum Gasteiger partial charge on any atom is -0.494 e. The molecule has 1 aliphatic heterocycles. The number of nitrogens with one attached hydrogen (secondary N) is 1. The van der Waals surface area contributed by atoms with Crippen LogP contribution in [-0.2, 0) is 22.5 Å². The molecule has 3 aromatic rings. The zero-order chi connectivity index (χ0) is 25.5. The summed E-state index contributed by atoms with van der Waals surface area (Å²) in [7, 11) is 0. The Morgan fingerprint density at radius 3 is 2.58 bits per heavy atom. The molecule has 0 aliphatic carbocycles. The summed E-state index contributed by atoms with van der Waals surface area (Å²) in [6, 6.07) is 21.2. The molecule has 0 spiro atoms. The molecule has 0 bridgehead atoms. The van der Waals surface area contributed by atoms with Crippen LogP contribution in [0.4, 0.5) is 4.39 Å². The predicted octanol–water partition coefficient (Wildman–Crippen LogP) is 4.81. The van der Waals surface area contributed by atoms with Gasteiger partial charge in [0, 0.05) is 36.0 Å². The molecule has 1 aliphatic rings. The molecular formula is C28H28BrFN2O4. The fourth-order valence-corrected chi connectivity index (χ4v) is 4.30. The first-order valence-electron chi connectivity index (χ1n) is 11.8. The van der Waals surface area contributed by atoms with Gasteiger partial charge in [0.05, 0.1) is 6.61 Å². The van der Waals surface area contributed by atoms with Gasteiger partial charge in [0.25, 0.3) is 5.91 Å². The van der Waals surface area contributed by atoms with Crippen molar-refractivity contribution in [3.8, 4) is 5.75 Å². The van der Waals surface area contributed by atoms with Gasteiger partial charge in [-0.1, -0.05) is 40.2 Å². The summed E-state index contributed by atoms with van der Waals surface area (Å²) >= 11 is 3.45. The second-order valence-electron chi connectivity index (χ2n) is 8.67. The van der Waals surface area contributed by atoms with Crippen molar-refractivity contribution in [1.29, 1.82) is 0 Å². The van der Waals surface area contributed by atoms with E-state index in [2.05, 4.69) is 21.2 Å². The van der Waals surface area contributed by atoms with Crippen molar-refractivity contribution >= 4 is 27.7 Å². The number of halogens is 2. The van der Waals surface area contributed by atoms with Gasteiger partial charge in [-0.15, -0.1) is 0 Å². The van der Waals surface area contributed by atoms with Gasteiger partial charge in [-0.05, 0) is 66.6 Å². The first kappa shape index (κ1) is 25.9. The second kappa shape index (κ2) is 11.7. The van der Waals surface area contributed by atoms with Gasteiger partial charge in [0.2, 0.25) is 5.90 Å². The lowest BCUT2D eigenvalue weighted by atomic mass is 9.86. The maximum atomic E-state index is 13.6. The lowest BCUT2D eigenvalue weighted by Crippen LogP contribution is -2.52. The minimum atomic E-state index is -1.20. The van der Waals surface area contributed by atoms with Crippen molar-refractivity contribution in [1.82, 2.24) is 5.32 Å². The average molecular weight is 555 g/mol. The molecule has 2 N–H and O–H groups in total. The summed E-state index contributed by atoms with van der Waals surface area (Å²) in [6.45, 7) is 2.51. The van der Waals surface area contributed by atoms with Gasteiger partial charge >= 0.3 is 0 Å². The molecule has 1 heterocycles. The highest BCUT2D eigenvalue weighted by molar-refractivity contribution is 9.10. The number of hydrogen-bond acceptors (Lipinski definition) is 5. The van der Waals surface area contributed by atoms with E-state index in [-0.39, 0.29) is 24.9 Å². The normalized spacial score (nSPS) is 18.9. The molecule has 4 rings (SSSR count). The highest BCUT2D eigenvalue weighted by atomic mass is 79.9. The number of carbonyl (C=O) groups excluding carboxylic acids is 1. The molecule has 6 nitrogen and oxygen atoms in total. The zero-order valence-corrected chi connectivity index (χ0v) is 21.5. The van der Waals surface area contributed by atoms with Crippen LogP contribution in [0.25, 0.3) is 0 Å². The fourth-order valence-electron chi connectivity index (χ4n) is 4.04. The SMILES string of the molecule is C[C@H]1OC(c2ccc(OCCCO)cc2)=N[C@@]1(Cc1ccc(Br)cc1)C(=O)NCc1cccc(F)c1. The highest BCUT2D eigenvalue weighted by Gasteiger charge is 2.50. The fraction of sp³-hybridized carbons (Fsp3) is 0.286. The molecule has 8 heteroatoms. The van der Waals surface area contributed by atoms with Crippen LogP contribution in [0, 0.1) is 5.82 Å². The number of aliphatic hydroxyl groups excluding tert-OH is 1. The van der Waals surface area contributed by atoms with Gasteiger partial charge in [-0.25, -0.2) is 9.38 Å². The van der Waals surface area contributed by atoms with E-state index in [9.17, 15) is 9.18 Å². The van der Waals surface area contributed by atoms with Crippen LogP contribution in [0.15, 0.2) is 82.3 Å². The number of hydrogen-bond donors (Lipinski definition) is 2. The van der Waals surface area contributed by atoms with E-state index in [0.29, 0.717) is 36.7 Å². The van der Waals surface area contributed by atoms with Crippen molar-refractivity contribution in [3.05, 3.63) is 99.8 Å². The molecule has 1 amide bonds. The quantitative estimate of drug-likeness (QED) is 0.352. The lowest BCUT2D eigenvalue weighted by molar-refractivity contribution is -0.128. The number of rotatable bonds is 10. The molecule has 0 saturated heterocycles. The Balaban J connectivity index is 1.60. The second-order valence-corrected chi connectivity index (χ2v) is 9.58. The topological polar surface area (TPSA) is 80.2 Å². The Bertz CT molecular complexity index is 1220. The predicted molar refractivity (Wildman–Crippen MR) is 140 cm³/mol. The van der Waals surface area contributed by atoms with Gasteiger partial charge < -0.3 is 19.9 Å². The number of amides is 1. The third kappa shape index (κ3) is 6.12. The third-order valence-corrected chi connectivity index (χ3v) is 6.59. The van der Waals surface area contributed by atoms with E-state index in [1.165, 1.54) is 12.1 Å². The number of benzene rings is 3. The summed E-state index contributed by atoms with van der Waals surface area (Å²) in [5, 5.41) is 11.9. The Kier molecular flexibility index (Phi) is 8.38. The maximum absolute atomic E-state index is 13.6. The van der Waals surface area contributed by atoms with Gasteiger partial charge in [0.15, 0.2) is 5.54 Å². The number of nitrogens with zero attached hydrogens (tertiary/aromatic N) is 1. The van der Waals surface area contributed by atoms with E-state index in [0.717, 1.165) is 15.6 Å². The van der Waals surface area contributed by atoms with E-state index in [1.54, 1.807) is 12.1 Å². The number of aliphatic hydroxyl groups is 1. The molecule has 188 valence electrons. The molecule has 3 aromatic carbocycles. The molecule has 36 heavy (non-hydrogen) atoms.